The van der Waals surface area contributed by atoms with Gasteiger partial charge in [0.05, 0.1) is 0 Å². The van der Waals surface area contributed by atoms with Crippen molar-refractivity contribution in [3.63, 3.8) is 0 Å². The molecule has 3 nitrogen and oxygen atoms in total. The van der Waals surface area contributed by atoms with Crippen LogP contribution in [-0.4, -0.2) is 16.7 Å². The molecule has 0 bridgehead atoms. The Morgan fingerprint density at radius 2 is 1.82 bits per heavy atom. The molecular formula is C14H12O3. The third kappa shape index (κ3) is 1.64. The number of aliphatic carboxylic acids is 1. The van der Waals surface area contributed by atoms with E-state index in [4.69, 9.17) is 9.84 Å². The van der Waals surface area contributed by atoms with E-state index in [9.17, 15) is 4.79 Å². The lowest BCUT2D eigenvalue weighted by Gasteiger charge is -2.15. The Labute approximate surface area is 98.6 Å². The van der Waals surface area contributed by atoms with Gasteiger partial charge in [-0.1, -0.05) is 36.4 Å². The van der Waals surface area contributed by atoms with Crippen molar-refractivity contribution in [2.75, 3.05) is 0 Å². The van der Waals surface area contributed by atoms with Crippen molar-refractivity contribution in [1.82, 2.24) is 0 Å². The molecule has 3 rings (SSSR count). The van der Waals surface area contributed by atoms with E-state index >= 15 is 0 Å². The van der Waals surface area contributed by atoms with Crippen LogP contribution in [-0.2, 0) is 4.79 Å². The Bertz CT molecular complexity index is 580. The van der Waals surface area contributed by atoms with Crippen LogP contribution in [0, 0.1) is 0 Å². The maximum Gasteiger partial charge on any atom is 0.348 e. The Morgan fingerprint density at radius 3 is 2.53 bits per heavy atom. The van der Waals surface area contributed by atoms with E-state index in [1.54, 1.807) is 0 Å². The molecule has 1 saturated carbocycles. The van der Waals surface area contributed by atoms with Crippen molar-refractivity contribution in [1.29, 1.82) is 0 Å². The van der Waals surface area contributed by atoms with E-state index < -0.39 is 11.6 Å². The van der Waals surface area contributed by atoms with Gasteiger partial charge in [-0.15, -0.1) is 0 Å². The first-order chi connectivity index (χ1) is 8.21. The minimum atomic E-state index is -0.982. The lowest BCUT2D eigenvalue weighted by Crippen LogP contribution is -2.29. The number of carbonyl (C=O) groups is 1. The lowest BCUT2D eigenvalue weighted by molar-refractivity contribution is -0.147. The molecule has 1 fully saturated rings. The van der Waals surface area contributed by atoms with Crippen LogP contribution in [0.25, 0.3) is 10.8 Å². The molecule has 0 radical (unpaired) electrons. The summed E-state index contributed by atoms with van der Waals surface area (Å²) in [5, 5.41) is 11.1. The zero-order chi connectivity index (χ0) is 11.9. The molecule has 0 saturated heterocycles. The molecule has 17 heavy (non-hydrogen) atoms. The van der Waals surface area contributed by atoms with Gasteiger partial charge in [-0.25, -0.2) is 4.79 Å². The molecule has 0 aliphatic heterocycles. The highest BCUT2D eigenvalue weighted by atomic mass is 16.5. The zero-order valence-electron chi connectivity index (χ0n) is 9.22. The molecule has 0 unspecified atom stereocenters. The van der Waals surface area contributed by atoms with Crippen LogP contribution in [0.4, 0.5) is 0 Å². The Hall–Kier alpha value is -2.03. The summed E-state index contributed by atoms with van der Waals surface area (Å²) < 4.78 is 5.69. The summed E-state index contributed by atoms with van der Waals surface area (Å²) in [7, 11) is 0. The summed E-state index contributed by atoms with van der Waals surface area (Å²) >= 11 is 0. The molecule has 2 aromatic carbocycles. The van der Waals surface area contributed by atoms with E-state index in [0.29, 0.717) is 18.6 Å². The van der Waals surface area contributed by atoms with Crippen molar-refractivity contribution < 1.29 is 14.6 Å². The lowest BCUT2D eigenvalue weighted by atomic mass is 10.1. The predicted molar refractivity (Wildman–Crippen MR) is 64.2 cm³/mol. The average Bonchev–Trinajstić information content (AvgIpc) is 3.11. The SMILES string of the molecule is O=C(O)C1(Oc2cccc3ccccc23)CC1. The van der Waals surface area contributed by atoms with Crippen molar-refractivity contribution >= 4 is 16.7 Å². The molecule has 0 aromatic heterocycles. The van der Waals surface area contributed by atoms with Gasteiger partial charge in [0.2, 0.25) is 5.60 Å². The highest BCUT2D eigenvalue weighted by Crippen LogP contribution is 2.42. The molecule has 1 N–H and O–H groups in total. The fraction of sp³-hybridized carbons (Fsp3) is 0.214. The normalized spacial score (nSPS) is 16.7. The van der Waals surface area contributed by atoms with Gasteiger partial charge < -0.3 is 9.84 Å². The first kappa shape index (κ1) is 10.1. The highest BCUT2D eigenvalue weighted by molar-refractivity contribution is 5.89. The summed E-state index contributed by atoms with van der Waals surface area (Å²) in [6.07, 6.45) is 1.18. The van der Waals surface area contributed by atoms with Gasteiger partial charge in [0.1, 0.15) is 5.75 Å². The van der Waals surface area contributed by atoms with E-state index in [0.717, 1.165) is 10.8 Å². The van der Waals surface area contributed by atoms with Crippen LogP contribution >= 0.6 is 0 Å². The summed E-state index contributed by atoms with van der Waals surface area (Å²) in [4.78, 5) is 11.1. The maximum absolute atomic E-state index is 11.1. The van der Waals surface area contributed by atoms with E-state index in [1.807, 2.05) is 42.5 Å². The van der Waals surface area contributed by atoms with Crippen molar-refractivity contribution in [2.24, 2.45) is 0 Å². The summed E-state index contributed by atoms with van der Waals surface area (Å²) in [5.41, 5.74) is -0.982. The average molecular weight is 228 g/mol. The second kappa shape index (κ2) is 3.48. The van der Waals surface area contributed by atoms with Gasteiger partial charge in [-0.2, -0.15) is 0 Å². The quantitative estimate of drug-likeness (QED) is 0.878. The minimum Gasteiger partial charge on any atom is -0.478 e. The zero-order valence-corrected chi connectivity index (χ0v) is 9.22. The third-order valence-electron chi connectivity index (χ3n) is 3.15. The summed E-state index contributed by atoms with van der Waals surface area (Å²) in [6, 6.07) is 13.5. The maximum atomic E-state index is 11.1. The topological polar surface area (TPSA) is 46.5 Å². The van der Waals surface area contributed by atoms with Gasteiger partial charge in [-0.05, 0) is 11.5 Å². The van der Waals surface area contributed by atoms with E-state index in [-0.39, 0.29) is 0 Å². The Morgan fingerprint density at radius 1 is 1.12 bits per heavy atom. The molecule has 0 spiro atoms. The van der Waals surface area contributed by atoms with Crippen molar-refractivity contribution in [3.8, 4) is 5.75 Å². The number of carboxylic acid groups (broad SMARTS) is 1. The minimum absolute atomic E-state index is 0.589. The molecule has 1 aliphatic rings. The number of benzene rings is 2. The van der Waals surface area contributed by atoms with Crippen LogP contribution in [0.1, 0.15) is 12.8 Å². The molecule has 86 valence electrons. The number of carboxylic acids is 1. The largest absolute Gasteiger partial charge is 0.478 e. The van der Waals surface area contributed by atoms with Crippen molar-refractivity contribution in [3.05, 3.63) is 42.5 Å². The number of hydrogen-bond acceptors (Lipinski definition) is 2. The second-order valence-corrected chi connectivity index (χ2v) is 4.38. The first-order valence-corrected chi connectivity index (χ1v) is 5.61. The molecular weight excluding hydrogens is 216 g/mol. The van der Waals surface area contributed by atoms with Crippen molar-refractivity contribution in [2.45, 2.75) is 18.4 Å². The van der Waals surface area contributed by atoms with Gasteiger partial charge in [0.15, 0.2) is 0 Å². The Balaban J connectivity index is 2.04. The first-order valence-electron chi connectivity index (χ1n) is 5.61. The number of fused-ring (bicyclic) bond motifs is 1. The monoisotopic (exact) mass is 228 g/mol. The number of hydrogen-bond donors (Lipinski definition) is 1. The van der Waals surface area contributed by atoms with E-state index in [1.165, 1.54) is 0 Å². The second-order valence-electron chi connectivity index (χ2n) is 4.38. The molecule has 0 amide bonds. The fourth-order valence-corrected chi connectivity index (χ4v) is 1.97. The van der Waals surface area contributed by atoms with Crippen LogP contribution in [0.15, 0.2) is 42.5 Å². The molecule has 3 heteroatoms. The standard InChI is InChI=1S/C14H12O3/c15-13(16)14(8-9-14)17-12-7-3-5-10-4-1-2-6-11(10)12/h1-7H,8-9H2,(H,15,16). The fourth-order valence-electron chi connectivity index (χ4n) is 1.97. The van der Waals surface area contributed by atoms with Gasteiger partial charge >= 0.3 is 5.97 Å². The van der Waals surface area contributed by atoms with Crippen LogP contribution < -0.4 is 4.74 Å². The van der Waals surface area contributed by atoms with Gasteiger partial charge in [0, 0.05) is 18.2 Å². The molecule has 1 aliphatic carbocycles. The highest BCUT2D eigenvalue weighted by Gasteiger charge is 2.53. The third-order valence-corrected chi connectivity index (χ3v) is 3.15. The molecule has 0 atom stereocenters. The van der Waals surface area contributed by atoms with E-state index in [2.05, 4.69) is 0 Å². The van der Waals surface area contributed by atoms with Crippen LogP contribution in [0.2, 0.25) is 0 Å². The number of rotatable bonds is 3. The summed E-state index contributed by atoms with van der Waals surface area (Å²) in [6.45, 7) is 0. The van der Waals surface area contributed by atoms with Gasteiger partial charge in [-0.3, -0.25) is 0 Å². The van der Waals surface area contributed by atoms with Crippen LogP contribution in [0.5, 0.6) is 5.75 Å². The van der Waals surface area contributed by atoms with Crippen LogP contribution in [0.3, 0.4) is 0 Å². The van der Waals surface area contributed by atoms with Gasteiger partial charge in [0.25, 0.3) is 0 Å². The predicted octanol–water partition coefficient (Wildman–Crippen LogP) is 2.84. The molecule has 0 heterocycles. The smallest absolute Gasteiger partial charge is 0.348 e. The summed E-state index contributed by atoms with van der Waals surface area (Å²) in [5.74, 6) is -0.214. The molecule has 2 aromatic rings. The number of ether oxygens (including phenoxy) is 1. The Kier molecular flexibility index (Phi) is 2.08.